The Balaban J connectivity index is 1.92. The van der Waals surface area contributed by atoms with Gasteiger partial charge in [0.2, 0.25) is 5.78 Å². The molecule has 0 aliphatic carbocycles. The van der Waals surface area contributed by atoms with E-state index in [2.05, 4.69) is 15.3 Å². The minimum atomic E-state index is -0.160. The average Bonchev–Trinajstić information content (AvgIpc) is 3.06. The van der Waals surface area contributed by atoms with Crippen LogP contribution >= 0.6 is 0 Å². The lowest BCUT2D eigenvalue weighted by atomic mass is 10.1. The zero-order valence-corrected chi connectivity index (χ0v) is 12.8. The predicted molar refractivity (Wildman–Crippen MR) is 84.5 cm³/mol. The van der Waals surface area contributed by atoms with Crippen molar-refractivity contribution in [1.29, 1.82) is 0 Å². The van der Waals surface area contributed by atoms with Crippen molar-refractivity contribution in [2.75, 3.05) is 0 Å². The Morgan fingerprint density at radius 3 is 2.73 bits per heavy atom. The summed E-state index contributed by atoms with van der Waals surface area (Å²) in [6, 6.07) is 7.92. The van der Waals surface area contributed by atoms with Crippen LogP contribution in [-0.4, -0.2) is 30.6 Å². The van der Waals surface area contributed by atoms with Crippen LogP contribution in [0.3, 0.4) is 0 Å². The Morgan fingerprint density at radius 1 is 1.23 bits per heavy atom. The average molecular weight is 295 g/mol. The van der Waals surface area contributed by atoms with Crippen molar-refractivity contribution in [3.8, 4) is 0 Å². The van der Waals surface area contributed by atoms with E-state index < -0.39 is 0 Å². The maximum atomic E-state index is 12.3. The van der Waals surface area contributed by atoms with Gasteiger partial charge in [-0.15, -0.1) is 5.10 Å². The third-order valence-electron chi connectivity index (χ3n) is 3.52. The first kappa shape index (κ1) is 14.2. The topological polar surface area (TPSA) is 65.6 Å². The lowest BCUT2D eigenvalue weighted by Gasteiger charge is -1.91. The Labute approximate surface area is 128 Å². The third-order valence-corrected chi connectivity index (χ3v) is 3.52. The predicted octanol–water partition coefficient (Wildman–Crippen LogP) is 2.39. The van der Waals surface area contributed by atoms with Gasteiger partial charge in [0.15, 0.2) is 5.69 Å². The zero-order valence-electron chi connectivity index (χ0n) is 12.8. The Hall–Kier alpha value is -2.76. The van der Waals surface area contributed by atoms with Gasteiger partial charge in [0, 0.05) is 12.4 Å². The fourth-order valence-corrected chi connectivity index (χ4v) is 2.40. The second kappa shape index (κ2) is 5.55. The molecule has 6 nitrogen and oxygen atoms in total. The lowest BCUT2D eigenvalue weighted by molar-refractivity contribution is 0.104. The fourth-order valence-electron chi connectivity index (χ4n) is 2.40. The highest BCUT2D eigenvalue weighted by Crippen LogP contribution is 2.18. The van der Waals surface area contributed by atoms with Crippen molar-refractivity contribution in [3.63, 3.8) is 0 Å². The largest absolute Gasteiger partial charge is 0.287 e. The Bertz CT molecular complexity index is 872. The molecule has 0 amide bonds. The third kappa shape index (κ3) is 2.43. The van der Waals surface area contributed by atoms with E-state index in [1.165, 1.54) is 10.9 Å². The smallest absolute Gasteiger partial charge is 0.208 e. The van der Waals surface area contributed by atoms with Crippen molar-refractivity contribution in [2.24, 2.45) is 7.05 Å². The van der Waals surface area contributed by atoms with E-state index in [0.717, 1.165) is 16.6 Å². The number of hydrogen-bond acceptors (Lipinski definition) is 4. The van der Waals surface area contributed by atoms with E-state index in [4.69, 9.17) is 0 Å². The molecule has 0 radical (unpaired) electrons. The van der Waals surface area contributed by atoms with E-state index in [9.17, 15) is 4.79 Å². The van der Waals surface area contributed by atoms with E-state index in [0.29, 0.717) is 17.9 Å². The SMILES string of the molecule is CCn1nc(C)c(C(=O)/C=C/c2nn(C)c3ccccc23)n1. The molecule has 3 rings (SSSR count). The molecule has 0 N–H and O–H groups in total. The monoisotopic (exact) mass is 295 g/mol. The standard InChI is InChI=1S/C16H17N5O/c1-4-21-17-11(2)16(19-21)15(22)10-9-13-12-7-5-6-8-14(12)20(3)18-13/h5-10H,4H2,1-3H3/b10-9+. The number of aryl methyl sites for hydroxylation is 3. The molecule has 0 fully saturated rings. The number of fused-ring (bicyclic) bond motifs is 1. The molecule has 0 aliphatic rings. The van der Waals surface area contributed by atoms with Gasteiger partial charge < -0.3 is 0 Å². The summed E-state index contributed by atoms with van der Waals surface area (Å²) in [6.45, 7) is 4.36. The molecule has 2 aromatic heterocycles. The van der Waals surface area contributed by atoms with Crippen molar-refractivity contribution >= 4 is 22.8 Å². The Morgan fingerprint density at radius 2 is 2.00 bits per heavy atom. The molecule has 0 aliphatic heterocycles. The maximum absolute atomic E-state index is 12.3. The van der Waals surface area contributed by atoms with Crippen LogP contribution in [0.5, 0.6) is 0 Å². The normalized spacial score (nSPS) is 11.6. The van der Waals surface area contributed by atoms with Gasteiger partial charge in [0.1, 0.15) is 0 Å². The molecule has 0 saturated heterocycles. The maximum Gasteiger partial charge on any atom is 0.208 e. The van der Waals surface area contributed by atoms with Crippen molar-refractivity contribution in [1.82, 2.24) is 24.8 Å². The molecule has 0 saturated carbocycles. The first-order valence-electron chi connectivity index (χ1n) is 7.16. The summed E-state index contributed by atoms with van der Waals surface area (Å²) >= 11 is 0. The highest BCUT2D eigenvalue weighted by molar-refractivity contribution is 6.06. The van der Waals surface area contributed by atoms with Gasteiger partial charge in [-0.25, -0.2) is 0 Å². The first-order chi connectivity index (χ1) is 10.6. The molecular formula is C16H17N5O. The van der Waals surface area contributed by atoms with Gasteiger partial charge in [0.25, 0.3) is 0 Å². The number of carbonyl (C=O) groups is 1. The summed E-state index contributed by atoms with van der Waals surface area (Å²) in [6.07, 6.45) is 3.24. The number of aromatic nitrogens is 5. The van der Waals surface area contributed by atoms with Crippen LogP contribution in [0.15, 0.2) is 30.3 Å². The highest BCUT2D eigenvalue weighted by atomic mass is 16.1. The number of benzene rings is 1. The van der Waals surface area contributed by atoms with Gasteiger partial charge in [0.05, 0.1) is 23.4 Å². The van der Waals surface area contributed by atoms with Crippen LogP contribution in [0.1, 0.15) is 28.8 Å². The molecule has 0 spiro atoms. The van der Waals surface area contributed by atoms with E-state index in [-0.39, 0.29) is 5.78 Å². The molecule has 0 bridgehead atoms. The van der Waals surface area contributed by atoms with Crippen molar-refractivity contribution in [2.45, 2.75) is 20.4 Å². The molecule has 112 valence electrons. The van der Waals surface area contributed by atoms with Crippen molar-refractivity contribution in [3.05, 3.63) is 47.4 Å². The summed E-state index contributed by atoms with van der Waals surface area (Å²) in [7, 11) is 1.89. The molecule has 0 atom stereocenters. The quantitative estimate of drug-likeness (QED) is 0.547. The summed E-state index contributed by atoms with van der Waals surface area (Å²) in [4.78, 5) is 13.8. The van der Waals surface area contributed by atoms with Gasteiger partial charge in [-0.3, -0.25) is 9.48 Å². The van der Waals surface area contributed by atoms with Gasteiger partial charge in [-0.05, 0) is 32.1 Å². The Kier molecular flexibility index (Phi) is 3.58. The molecule has 1 aromatic carbocycles. The summed E-state index contributed by atoms with van der Waals surface area (Å²) in [5, 5.41) is 13.8. The number of nitrogens with zero attached hydrogens (tertiary/aromatic N) is 5. The second-order valence-corrected chi connectivity index (χ2v) is 5.05. The first-order valence-corrected chi connectivity index (χ1v) is 7.16. The van der Waals surface area contributed by atoms with Crippen LogP contribution in [0.25, 0.3) is 17.0 Å². The lowest BCUT2D eigenvalue weighted by Crippen LogP contribution is -2.01. The number of carbonyl (C=O) groups excluding carboxylic acids is 1. The van der Waals surface area contributed by atoms with Crippen LogP contribution in [-0.2, 0) is 13.6 Å². The van der Waals surface area contributed by atoms with Crippen LogP contribution < -0.4 is 0 Å². The van der Waals surface area contributed by atoms with Crippen LogP contribution in [0.4, 0.5) is 0 Å². The van der Waals surface area contributed by atoms with E-state index in [1.54, 1.807) is 17.7 Å². The summed E-state index contributed by atoms with van der Waals surface area (Å²) in [5.41, 5.74) is 2.83. The highest BCUT2D eigenvalue weighted by Gasteiger charge is 2.13. The van der Waals surface area contributed by atoms with Crippen LogP contribution in [0, 0.1) is 6.92 Å². The number of rotatable bonds is 4. The number of para-hydroxylation sites is 1. The van der Waals surface area contributed by atoms with Gasteiger partial charge in [-0.2, -0.15) is 15.0 Å². The number of ketones is 1. The fraction of sp³-hybridized carbons (Fsp3) is 0.250. The minimum Gasteiger partial charge on any atom is -0.287 e. The van der Waals surface area contributed by atoms with Gasteiger partial charge in [-0.1, -0.05) is 18.2 Å². The molecule has 6 heteroatoms. The van der Waals surface area contributed by atoms with Crippen molar-refractivity contribution < 1.29 is 4.79 Å². The minimum absolute atomic E-state index is 0.160. The summed E-state index contributed by atoms with van der Waals surface area (Å²) in [5.74, 6) is -0.160. The van der Waals surface area contributed by atoms with E-state index >= 15 is 0 Å². The molecular weight excluding hydrogens is 278 g/mol. The number of allylic oxidation sites excluding steroid dienone is 1. The van der Waals surface area contributed by atoms with Crippen LogP contribution in [0.2, 0.25) is 0 Å². The molecule has 3 aromatic rings. The summed E-state index contributed by atoms with van der Waals surface area (Å²) < 4.78 is 1.80. The molecule has 2 heterocycles. The van der Waals surface area contributed by atoms with E-state index in [1.807, 2.05) is 38.2 Å². The van der Waals surface area contributed by atoms with Gasteiger partial charge >= 0.3 is 0 Å². The molecule has 22 heavy (non-hydrogen) atoms. The molecule has 0 unspecified atom stereocenters. The second-order valence-electron chi connectivity index (χ2n) is 5.05. The zero-order chi connectivity index (χ0) is 15.7. The number of hydrogen-bond donors (Lipinski definition) is 0.